The van der Waals surface area contributed by atoms with E-state index in [2.05, 4.69) is 72.0 Å². The Morgan fingerprint density at radius 3 is 2.46 bits per heavy atom. The van der Waals surface area contributed by atoms with Gasteiger partial charge in [-0.25, -0.2) is 0 Å². The number of Topliss-reactive ketones (excluding diaryl/α,β-unsaturated/α-hetero) is 2. The van der Waals surface area contributed by atoms with Crippen LogP contribution in [0.15, 0.2) is 53.6 Å². The van der Waals surface area contributed by atoms with Crippen molar-refractivity contribution in [2.24, 2.45) is 45.3 Å². The monoisotopic (exact) mass is 779 g/mol. The number of hydrogen-bond acceptors (Lipinski definition) is 7. The van der Waals surface area contributed by atoms with Gasteiger partial charge in [-0.05, 0) is 159 Å². The number of allylic oxidation sites excluding steroid dienone is 2. The third-order valence-corrected chi connectivity index (χ3v) is 17.7. The minimum atomic E-state index is -0.632. The van der Waals surface area contributed by atoms with E-state index >= 15 is 0 Å². The summed E-state index contributed by atoms with van der Waals surface area (Å²) in [5.74, 6) is 1.83. The van der Waals surface area contributed by atoms with Crippen molar-refractivity contribution >= 4 is 17.3 Å². The molecule has 1 saturated heterocycles. The van der Waals surface area contributed by atoms with Crippen molar-refractivity contribution in [1.82, 2.24) is 5.32 Å². The zero-order chi connectivity index (χ0) is 40.9. The van der Waals surface area contributed by atoms with Crippen LogP contribution in [0, 0.1) is 45.3 Å². The molecule has 310 valence electrons. The van der Waals surface area contributed by atoms with Crippen molar-refractivity contribution in [3.05, 3.63) is 70.3 Å². The number of aliphatic hydroxyl groups is 1. The Bertz CT molecular complexity index is 1950. The van der Waals surface area contributed by atoms with Gasteiger partial charge < -0.3 is 26.0 Å². The van der Waals surface area contributed by atoms with Gasteiger partial charge in [-0.3, -0.25) is 9.59 Å². The van der Waals surface area contributed by atoms with E-state index in [1.807, 2.05) is 25.2 Å². The average Bonchev–Trinajstić information content (AvgIpc) is 3.45. The number of carbonyl (C=O) groups is 2. The Morgan fingerprint density at radius 2 is 1.74 bits per heavy atom. The average molecular weight is 779 g/mol. The summed E-state index contributed by atoms with van der Waals surface area (Å²) in [6, 6.07) is 14.0. The Morgan fingerprint density at radius 1 is 0.965 bits per heavy atom. The number of nitrogens with one attached hydrogen (secondary N) is 1. The molecule has 12 atom stereocenters. The molecule has 0 spiro atoms. The number of nitrogen functional groups attached to an aromatic ring is 1. The van der Waals surface area contributed by atoms with E-state index in [0.29, 0.717) is 42.9 Å². The summed E-state index contributed by atoms with van der Waals surface area (Å²) in [6.07, 6.45) is 10.1. The minimum absolute atomic E-state index is 0.0105. The fourth-order valence-electron chi connectivity index (χ4n) is 15.0. The van der Waals surface area contributed by atoms with Crippen LogP contribution < -0.4 is 11.1 Å². The highest BCUT2D eigenvalue weighted by molar-refractivity contribution is 6.00. The molecule has 7 nitrogen and oxygen atoms in total. The van der Waals surface area contributed by atoms with Gasteiger partial charge in [0.05, 0.1) is 11.7 Å². The van der Waals surface area contributed by atoms with Gasteiger partial charge in [0.15, 0.2) is 5.78 Å². The van der Waals surface area contributed by atoms with Crippen molar-refractivity contribution in [1.29, 1.82) is 0 Å². The molecule has 8 rings (SSSR count). The lowest BCUT2D eigenvalue weighted by Crippen LogP contribution is -2.63. The van der Waals surface area contributed by atoms with Gasteiger partial charge in [0.1, 0.15) is 17.6 Å². The molecule has 2 aromatic rings. The lowest BCUT2D eigenvalue weighted by atomic mass is 9.35. The molecule has 6 aliphatic rings. The highest BCUT2D eigenvalue weighted by Crippen LogP contribution is 2.75. The smallest absolute Gasteiger partial charge is 0.160 e. The number of aromatic hydroxyl groups is 1. The van der Waals surface area contributed by atoms with Gasteiger partial charge in [0.2, 0.25) is 0 Å². The van der Waals surface area contributed by atoms with Crippen molar-refractivity contribution in [2.45, 2.75) is 162 Å². The number of carbonyl (C=O) groups excluding carboxylic acids is 2. The summed E-state index contributed by atoms with van der Waals surface area (Å²) in [6.45, 7) is 16.7. The molecule has 5 aliphatic carbocycles. The fourth-order valence-corrected chi connectivity index (χ4v) is 15.0. The maximum absolute atomic E-state index is 14.6. The molecule has 1 aliphatic heterocycles. The first-order valence-electron chi connectivity index (χ1n) is 22.4. The number of hydrogen-bond donors (Lipinski definition) is 4. The molecule has 2 aromatic carbocycles. The van der Waals surface area contributed by atoms with E-state index in [-0.39, 0.29) is 57.2 Å². The largest absolute Gasteiger partial charge is 0.508 e. The van der Waals surface area contributed by atoms with E-state index in [1.54, 1.807) is 6.07 Å². The molecule has 5 N–H and O–H groups in total. The minimum Gasteiger partial charge on any atom is -0.508 e. The van der Waals surface area contributed by atoms with E-state index in [9.17, 15) is 19.8 Å². The molecule has 1 heterocycles. The first kappa shape index (κ1) is 40.8. The summed E-state index contributed by atoms with van der Waals surface area (Å²) in [5, 5.41) is 26.0. The molecular weight excluding hydrogens is 709 g/mol. The second kappa shape index (κ2) is 14.3. The number of benzene rings is 2. The highest BCUT2D eigenvalue weighted by Gasteiger charge is 2.69. The number of fused-ring (bicyclic) bond motifs is 5. The Labute approximate surface area is 342 Å². The maximum Gasteiger partial charge on any atom is 0.160 e. The first-order valence-corrected chi connectivity index (χ1v) is 22.4. The predicted molar refractivity (Wildman–Crippen MR) is 227 cm³/mol. The molecule has 5 fully saturated rings. The third-order valence-electron chi connectivity index (χ3n) is 17.7. The van der Waals surface area contributed by atoms with E-state index in [4.69, 9.17) is 10.5 Å². The van der Waals surface area contributed by atoms with Gasteiger partial charge in [-0.2, -0.15) is 0 Å². The zero-order valence-corrected chi connectivity index (χ0v) is 36.0. The Balaban J connectivity index is 1.07. The first-order chi connectivity index (χ1) is 26.9. The van der Waals surface area contributed by atoms with Crippen LogP contribution >= 0.6 is 0 Å². The van der Waals surface area contributed by atoms with Crippen LogP contribution in [0.5, 0.6) is 5.75 Å². The molecule has 0 amide bonds. The number of ether oxygens (including phenoxy) is 1. The zero-order valence-electron chi connectivity index (χ0n) is 36.0. The fraction of sp³-hybridized carbons (Fsp3) is 0.680. The standard InChI is InChI=1S/C50H70N2O5/c1-9-12-31(25-39(54)45-50(7,57-45)37-16-11-15-35(37)30-13-10-14-33(51)23-30)43-38-17-18-42-47(4)26-36(32-21-29(28-52-8)22-34(53)24-32)44(56)46(2,3)41(47)19-20-48(42,5)49(38,6)27-40(43)55/h10,13-14,21-24,31,35-37,39,41-42,45,52-54H,9,11-12,15-20,25-28,51H2,1-8H3. The molecule has 0 bridgehead atoms. The molecule has 7 heteroatoms. The van der Waals surface area contributed by atoms with Gasteiger partial charge in [0, 0.05) is 35.4 Å². The molecule has 4 saturated carbocycles. The van der Waals surface area contributed by atoms with Gasteiger partial charge in [-0.15, -0.1) is 0 Å². The van der Waals surface area contributed by atoms with E-state index in [0.717, 1.165) is 86.6 Å². The Hall–Kier alpha value is -3.00. The van der Waals surface area contributed by atoms with E-state index in [1.165, 1.54) is 11.1 Å². The molecule has 57 heavy (non-hydrogen) atoms. The lowest BCUT2D eigenvalue weighted by Gasteiger charge is -2.68. The maximum atomic E-state index is 14.6. The highest BCUT2D eigenvalue weighted by atomic mass is 16.6. The number of phenolic OH excluding ortho intramolecular Hbond substituents is 1. The quantitative estimate of drug-likeness (QED) is 0.132. The van der Waals surface area contributed by atoms with Crippen molar-refractivity contribution in [2.75, 3.05) is 12.8 Å². The predicted octanol–water partition coefficient (Wildman–Crippen LogP) is 9.79. The number of nitrogens with two attached hydrogens (primary N) is 1. The Kier molecular flexibility index (Phi) is 10.2. The van der Waals surface area contributed by atoms with Crippen LogP contribution in [-0.2, 0) is 20.9 Å². The van der Waals surface area contributed by atoms with Crippen LogP contribution in [0.1, 0.15) is 154 Å². The van der Waals surface area contributed by atoms with Crippen molar-refractivity contribution in [3.8, 4) is 5.75 Å². The second-order valence-electron chi connectivity index (χ2n) is 21.1. The summed E-state index contributed by atoms with van der Waals surface area (Å²) in [5.41, 5.74) is 11.2. The van der Waals surface area contributed by atoms with Crippen LogP contribution in [0.3, 0.4) is 0 Å². The van der Waals surface area contributed by atoms with Crippen LogP contribution in [0.25, 0.3) is 0 Å². The summed E-state index contributed by atoms with van der Waals surface area (Å²) < 4.78 is 6.54. The molecule has 0 radical (unpaired) electrons. The van der Waals surface area contributed by atoms with Gasteiger partial charge >= 0.3 is 0 Å². The summed E-state index contributed by atoms with van der Waals surface area (Å²) in [7, 11) is 1.90. The number of phenols is 1. The van der Waals surface area contributed by atoms with Crippen LogP contribution in [0.4, 0.5) is 5.69 Å². The SMILES string of the molecule is CCCC(CC(O)C1OC1(C)C1CCCC1c1cccc(N)c1)C1=C2CCC3C4(C)CC(c5cc(O)cc(CNC)c5)C(=O)C(C)(C)C4CCC3(C)C2(C)CC1=O. The van der Waals surface area contributed by atoms with Crippen LogP contribution in [-0.4, -0.2) is 46.6 Å². The normalized spacial score (nSPS) is 39.4. The van der Waals surface area contributed by atoms with Crippen molar-refractivity contribution in [3.63, 3.8) is 0 Å². The lowest BCUT2D eigenvalue weighted by molar-refractivity contribution is -0.183. The number of rotatable bonds is 11. The summed E-state index contributed by atoms with van der Waals surface area (Å²) in [4.78, 5) is 29.1. The summed E-state index contributed by atoms with van der Waals surface area (Å²) >= 11 is 0. The van der Waals surface area contributed by atoms with Crippen LogP contribution in [0.2, 0.25) is 0 Å². The topological polar surface area (TPSA) is 125 Å². The molecule has 12 unspecified atom stereocenters. The molecule has 0 aromatic heterocycles. The molecular formula is C50H70N2O5. The second-order valence-corrected chi connectivity index (χ2v) is 21.1. The number of ketones is 2. The van der Waals surface area contributed by atoms with Gasteiger partial charge in [-0.1, -0.05) is 78.2 Å². The number of aliphatic hydroxyl groups excluding tert-OH is 1. The number of epoxide rings is 1. The number of anilines is 1. The van der Waals surface area contributed by atoms with Gasteiger partial charge in [0.25, 0.3) is 0 Å². The van der Waals surface area contributed by atoms with E-state index < -0.39 is 11.5 Å². The van der Waals surface area contributed by atoms with Crippen molar-refractivity contribution < 1.29 is 24.5 Å². The third kappa shape index (κ3) is 6.29.